The number of ether oxygens (including phenoxy) is 1. The van der Waals surface area contributed by atoms with Crippen molar-refractivity contribution in [1.29, 1.82) is 0 Å². The van der Waals surface area contributed by atoms with Crippen LogP contribution in [0.4, 0.5) is 0 Å². The van der Waals surface area contributed by atoms with Gasteiger partial charge < -0.3 is 14.7 Å². The highest BCUT2D eigenvalue weighted by Crippen LogP contribution is 2.39. The summed E-state index contributed by atoms with van der Waals surface area (Å²) in [6, 6.07) is 6.70. The number of amides is 1. The fourth-order valence-electron chi connectivity index (χ4n) is 3.48. The number of aliphatic hydroxyl groups is 1. The normalized spacial score (nSPS) is 18.3. The maximum atomic E-state index is 12.9. The van der Waals surface area contributed by atoms with Crippen molar-refractivity contribution in [3.05, 3.63) is 35.5 Å². The van der Waals surface area contributed by atoms with E-state index in [-0.39, 0.29) is 35.4 Å². The molecule has 0 aliphatic carbocycles. The second-order valence-corrected chi connectivity index (χ2v) is 8.24. The number of morpholine rings is 1. The van der Waals surface area contributed by atoms with E-state index in [2.05, 4.69) is 5.10 Å². The molecule has 2 aliphatic heterocycles. The van der Waals surface area contributed by atoms with Gasteiger partial charge in [0.15, 0.2) is 15.5 Å². The minimum atomic E-state index is -3.56. The molecule has 0 radical (unpaired) electrons. The van der Waals surface area contributed by atoms with Crippen molar-refractivity contribution in [1.82, 2.24) is 14.7 Å². The predicted octanol–water partition coefficient (Wildman–Crippen LogP) is 0.302. The van der Waals surface area contributed by atoms with Crippen LogP contribution in [-0.2, 0) is 26.9 Å². The molecule has 3 heterocycles. The van der Waals surface area contributed by atoms with E-state index in [1.165, 1.54) is 4.68 Å². The van der Waals surface area contributed by atoms with Crippen LogP contribution in [0.5, 0.6) is 0 Å². The average molecular weight is 377 g/mol. The number of carbonyl (C=O) groups excluding carboxylic acids is 1. The van der Waals surface area contributed by atoms with Crippen LogP contribution in [-0.4, -0.2) is 67.0 Å². The lowest BCUT2D eigenvalue weighted by atomic mass is 10.1. The molecular formula is C17H19N3O5S. The van der Waals surface area contributed by atoms with Crippen molar-refractivity contribution in [2.75, 3.05) is 32.9 Å². The van der Waals surface area contributed by atoms with Gasteiger partial charge in [0.1, 0.15) is 0 Å². The maximum absolute atomic E-state index is 12.9. The number of hydrogen-bond acceptors (Lipinski definition) is 6. The van der Waals surface area contributed by atoms with E-state index in [4.69, 9.17) is 4.74 Å². The first-order valence-electron chi connectivity index (χ1n) is 8.42. The second-order valence-electron chi connectivity index (χ2n) is 6.28. The van der Waals surface area contributed by atoms with E-state index in [0.717, 1.165) is 0 Å². The van der Waals surface area contributed by atoms with E-state index < -0.39 is 9.84 Å². The molecule has 0 saturated carbocycles. The summed E-state index contributed by atoms with van der Waals surface area (Å²) in [5.74, 6) is -0.563. The zero-order chi connectivity index (χ0) is 18.3. The van der Waals surface area contributed by atoms with Crippen molar-refractivity contribution in [3.63, 3.8) is 0 Å². The van der Waals surface area contributed by atoms with Gasteiger partial charge in [0.25, 0.3) is 5.91 Å². The number of nitrogens with zero attached hydrogens (tertiary/aromatic N) is 3. The minimum Gasteiger partial charge on any atom is -0.394 e. The number of rotatable bonds is 3. The van der Waals surface area contributed by atoms with Gasteiger partial charge in [-0.1, -0.05) is 18.2 Å². The van der Waals surface area contributed by atoms with Crippen LogP contribution in [0.2, 0.25) is 0 Å². The highest BCUT2D eigenvalue weighted by molar-refractivity contribution is 7.90. The third-order valence-corrected chi connectivity index (χ3v) is 6.37. The Labute approximate surface area is 150 Å². The molecule has 0 spiro atoms. The lowest BCUT2D eigenvalue weighted by Crippen LogP contribution is -2.41. The Bertz CT molecular complexity index is 961. The zero-order valence-corrected chi connectivity index (χ0v) is 14.9. The molecule has 1 aromatic carbocycles. The number of sulfone groups is 1. The Balaban J connectivity index is 1.88. The molecule has 0 bridgehead atoms. The summed E-state index contributed by atoms with van der Waals surface area (Å²) in [5, 5.41) is 13.8. The smallest absolute Gasteiger partial charge is 0.274 e. The first-order chi connectivity index (χ1) is 12.5. The quantitative estimate of drug-likeness (QED) is 0.826. The summed E-state index contributed by atoms with van der Waals surface area (Å²) in [4.78, 5) is 14.8. The van der Waals surface area contributed by atoms with E-state index in [0.29, 0.717) is 43.1 Å². The van der Waals surface area contributed by atoms with Gasteiger partial charge in [0.2, 0.25) is 0 Å². The minimum absolute atomic E-state index is 0.147. The summed E-state index contributed by atoms with van der Waals surface area (Å²) >= 11 is 0. The molecule has 8 nitrogen and oxygen atoms in total. The third kappa shape index (κ3) is 2.72. The largest absolute Gasteiger partial charge is 0.394 e. The van der Waals surface area contributed by atoms with Crippen LogP contribution in [0.3, 0.4) is 0 Å². The van der Waals surface area contributed by atoms with Gasteiger partial charge in [0, 0.05) is 24.2 Å². The highest BCUT2D eigenvalue weighted by Gasteiger charge is 2.36. The van der Waals surface area contributed by atoms with Crippen LogP contribution in [0.1, 0.15) is 16.1 Å². The van der Waals surface area contributed by atoms with E-state index >= 15 is 0 Å². The molecule has 9 heteroatoms. The number of aliphatic hydroxyl groups excluding tert-OH is 1. The lowest BCUT2D eigenvalue weighted by Gasteiger charge is -2.26. The lowest BCUT2D eigenvalue weighted by molar-refractivity contribution is 0.0298. The molecule has 1 aromatic heterocycles. The van der Waals surface area contributed by atoms with Crippen LogP contribution >= 0.6 is 0 Å². The van der Waals surface area contributed by atoms with Crippen molar-refractivity contribution in [3.8, 4) is 11.3 Å². The molecule has 2 aromatic rings. The zero-order valence-electron chi connectivity index (χ0n) is 14.1. The van der Waals surface area contributed by atoms with E-state index in [9.17, 15) is 18.3 Å². The van der Waals surface area contributed by atoms with Crippen LogP contribution in [0.25, 0.3) is 11.3 Å². The fourth-order valence-corrected chi connectivity index (χ4v) is 5.08. The van der Waals surface area contributed by atoms with Crippen molar-refractivity contribution < 1.29 is 23.1 Å². The molecule has 0 unspecified atom stereocenters. The molecule has 0 atom stereocenters. The number of benzene rings is 1. The number of aromatic nitrogens is 2. The van der Waals surface area contributed by atoms with Crippen molar-refractivity contribution in [2.45, 2.75) is 17.2 Å². The second kappa shape index (κ2) is 6.49. The van der Waals surface area contributed by atoms with Gasteiger partial charge in [-0.3, -0.25) is 9.48 Å². The number of carbonyl (C=O) groups is 1. The molecule has 4 rings (SSSR count). The molecule has 1 fully saturated rings. The topological polar surface area (TPSA) is 102 Å². The standard InChI is InChI=1S/C17H19N3O5S/c21-8-5-20-16-12-3-1-2-4-14(12)26(23,24)11-13(16)15(18-20)17(22)19-6-9-25-10-7-19/h1-4,21H,5-11H2. The van der Waals surface area contributed by atoms with E-state index in [1.54, 1.807) is 29.2 Å². The molecular weight excluding hydrogens is 358 g/mol. The van der Waals surface area contributed by atoms with Crippen molar-refractivity contribution in [2.24, 2.45) is 0 Å². The van der Waals surface area contributed by atoms with Gasteiger partial charge in [-0.15, -0.1) is 0 Å². The maximum Gasteiger partial charge on any atom is 0.274 e. The molecule has 1 N–H and O–H groups in total. The summed E-state index contributed by atoms with van der Waals surface area (Å²) in [6.45, 7) is 1.83. The van der Waals surface area contributed by atoms with Gasteiger partial charge >= 0.3 is 0 Å². The van der Waals surface area contributed by atoms with Crippen LogP contribution in [0, 0.1) is 0 Å². The molecule has 2 aliphatic rings. The fraction of sp³-hybridized carbons (Fsp3) is 0.412. The molecule has 1 saturated heterocycles. The average Bonchev–Trinajstić information content (AvgIpc) is 3.00. The monoisotopic (exact) mass is 377 g/mol. The Morgan fingerprint density at radius 2 is 1.96 bits per heavy atom. The van der Waals surface area contributed by atoms with Gasteiger partial charge in [-0.2, -0.15) is 5.10 Å². The summed E-state index contributed by atoms with van der Waals surface area (Å²) in [7, 11) is -3.56. The van der Waals surface area contributed by atoms with Crippen LogP contribution in [0.15, 0.2) is 29.2 Å². The summed E-state index contributed by atoms with van der Waals surface area (Å²) < 4.78 is 32.3. The molecule has 138 valence electrons. The summed E-state index contributed by atoms with van der Waals surface area (Å²) in [6.07, 6.45) is 0. The van der Waals surface area contributed by atoms with E-state index in [1.807, 2.05) is 0 Å². The summed E-state index contributed by atoms with van der Waals surface area (Å²) in [5.41, 5.74) is 1.68. The first-order valence-corrected chi connectivity index (χ1v) is 10.1. The van der Waals surface area contributed by atoms with Crippen molar-refractivity contribution >= 4 is 15.7 Å². The Morgan fingerprint density at radius 3 is 2.69 bits per heavy atom. The SMILES string of the molecule is O=C(c1nn(CCO)c2c1CS(=O)(=O)c1ccccc1-2)N1CCOCC1. The van der Waals surface area contributed by atoms with Gasteiger partial charge in [-0.05, 0) is 6.07 Å². The number of hydrogen-bond donors (Lipinski definition) is 1. The Morgan fingerprint density at radius 1 is 1.23 bits per heavy atom. The third-order valence-electron chi connectivity index (χ3n) is 4.67. The Hall–Kier alpha value is -2.23. The van der Waals surface area contributed by atoms with Gasteiger partial charge in [-0.25, -0.2) is 8.42 Å². The van der Waals surface area contributed by atoms with Gasteiger partial charge in [0.05, 0.1) is 42.7 Å². The first kappa shape index (κ1) is 17.2. The van der Waals surface area contributed by atoms with Crippen LogP contribution < -0.4 is 0 Å². The Kier molecular flexibility index (Phi) is 4.29. The number of fused-ring (bicyclic) bond motifs is 3. The molecule has 1 amide bonds. The molecule has 26 heavy (non-hydrogen) atoms. The highest BCUT2D eigenvalue weighted by atomic mass is 32.2. The predicted molar refractivity (Wildman–Crippen MR) is 92.4 cm³/mol.